The Morgan fingerprint density at radius 1 is 1.16 bits per heavy atom. The molecule has 0 radical (unpaired) electrons. The largest absolute Gasteiger partial charge is 0.444 e. The van der Waals surface area contributed by atoms with Gasteiger partial charge in [-0.3, -0.25) is 0 Å². The molecule has 1 heterocycles. The van der Waals surface area contributed by atoms with Crippen molar-refractivity contribution in [3.8, 4) is 0 Å². The summed E-state index contributed by atoms with van der Waals surface area (Å²) in [5.74, 6) is 0.691. The Morgan fingerprint density at radius 2 is 1.74 bits per heavy atom. The summed E-state index contributed by atoms with van der Waals surface area (Å²) in [6.07, 6.45) is 0.577. The third-order valence-electron chi connectivity index (χ3n) is 4.08. The van der Waals surface area contributed by atoms with Crippen LogP contribution in [0.5, 0.6) is 0 Å². The lowest BCUT2D eigenvalue weighted by molar-refractivity contribution is -0.0685. The minimum absolute atomic E-state index is 0.272. The first-order valence-corrected chi connectivity index (χ1v) is 7.10. The van der Waals surface area contributed by atoms with Crippen LogP contribution in [-0.4, -0.2) is 52.1 Å². The molecular formula is C14H25NO4. The predicted octanol–water partition coefficient (Wildman–Crippen LogP) is 1.38. The van der Waals surface area contributed by atoms with Crippen molar-refractivity contribution < 1.29 is 19.7 Å². The van der Waals surface area contributed by atoms with E-state index in [-0.39, 0.29) is 12.0 Å². The molecule has 1 saturated heterocycles. The Balaban J connectivity index is 1.93. The van der Waals surface area contributed by atoms with Gasteiger partial charge in [0.1, 0.15) is 5.60 Å². The van der Waals surface area contributed by atoms with Crippen LogP contribution in [0.15, 0.2) is 0 Å². The van der Waals surface area contributed by atoms with Gasteiger partial charge in [-0.25, -0.2) is 4.79 Å². The average Bonchev–Trinajstić information content (AvgIpc) is 2.27. The van der Waals surface area contributed by atoms with Gasteiger partial charge in [-0.2, -0.15) is 0 Å². The highest BCUT2D eigenvalue weighted by Crippen LogP contribution is 2.36. The number of aliphatic hydroxyl groups is 2. The SMILES string of the molecule is CC(C)(C)OC(=O)N1CC[C@H]2C[C@@H](O)[C@@H](O)C[C@H]2C1. The molecule has 2 aliphatic rings. The molecule has 5 nitrogen and oxygen atoms in total. The van der Waals surface area contributed by atoms with Crippen molar-refractivity contribution in [3.05, 3.63) is 0 Å². The van der Waals surface area contributed by atoms with E-state index in [2.05, 4.69) is 0 Å². The van der Waals surface area contributed by atoms with Crippen LogP contribution in [0.3, 0.4) is 0 Å². The summed E-state index contributed by atoms with van der Waals surface area (Å²) in [6.45, 7) is 6.89. The molecule has 4 atom stereocenters. The number of hydrogen-bond acceptors (Lipinski definition) is 4. The summed E-state index contributed by atoms with van der Waals surface area (Å²) >= 11 is 0. The Labute approximate surface area is 114 Å². The molecular weight excluding hydrogens is 246 g/mol. The number of nitrogens with zero attached hydrogens (tertiary/aromatic N) is 1. The van der Waals surface area contributed by atoms with E-state index >= 15 is 0 Å². The van der Waals surface area contributed by atoms with Crippen molar-refractivity contribution >= 4 is 6.09 Å². The number of hydrogen-bond donors (Lipinski definition) is 2. The summed E-state index contributed by atoms with van der Waals surface area (Å²) in [6, 6.07) is 0. The summed E-state index contributed by atoms with van der Waals surface area (Å²) in [5, 5.41) is 19.4. The molecule has 0 bridgehead atoms. The first kappa shape index (κ1) is 14.6. The number of rotatable bonds is 0. The van der Waals surface area contributed by atoms with Gasteiger partial charge in [0.05, 0.1) is 12.2 Å². The maximum absolute atomic E-state index is 12.0. The van der Waals surface area contributed by atoms with E-state index in [0.717, 1.165) is 6.42 Å². The van der Waals surface area contributed by atoms with Crippen LogP contribution >= 0.6 is 0 Å². The van der Waals surface area contributed by atoms with Crippen molar-refractivity contribution in [2.45, 2.75) is 57.8 Å². The fourth-order valence-corrected chi connectivity index (χ4v) is 3.08. The molecule has 2 fully saturated rings. The van der Waals surface area contributed by atoms with Crippen molar-refractivity contribution in [1.82, 2.24) is 4.90 Å². The van der Waals surface area contributed by atoms with Gasteiger partial charge in [-0.05, 0) is 51.9 Å². The lowest BCUT2D eigenvalue weighted by Gasteiger charge is -2.44. The zero-order valence-electron chi connectivity index (χ0n) is 12.0. The average molecular weight is 271 g/mol. The van der Waals surface area contributed by atoms with Crippen LogP contribution in [0.1, 0.15) is 40.0 Å². The summed E-state index contributed by atoms with van der Waals surface area (Å²) < 4.78 is 5.38. The molecule has 0 unspecified atom stereocenters. The van der Waals surface area contributed by atoms with E-state index in [9.17, 15) is 15.0 Å². The molecule has 1 aliphatic heterocycles. The first-order valence-electron chi connectivity index (χ1n) is 7.10. The first-order chi connectivity index (χ1) is 8.76. The molecule has 110 valence electrons. The Morgan fingerprint density at radius 3 is 2.32 bits per heavy atom. The fourth-order valence-electron chi connectivity index (χ4n) is 3.08. The predicted molar refractivity (Wildman–Crippen MR) is 70.7 cm³/mol. The molecule has 0 aromatic carbocycles. The Bertz CT molecular complexity index is 339. The molecule has 1 amide bonds. The van der Waals surface area contributed by atoms with Crippen LogP contribution in [0.25, 0.3) is 0 Å². The van der Waals surface area contributed by atoms with E-state index in [4.69, 9.17) is 4.74 Å². The van der Waals surface area contributed by atoms with E-state index < -0.39 is 17.8 Å². The van der Waals surface area contributed by atoms with Crippen molar-refractivity contribution in [2.75, 3.05) is 13.1 Å². The number of fused-ring (bicyclic) bond motifs is 1. The number of likely N-dealkylation sites (tertiary alicyclic amines) is 1. The number of aliphatic hydroxyl groups excluding tert-OH is 2. The van der Waals surface area contributed by atoms with E-state index in [1.54, 1.807) is 4.90 Å². The minimum Gasteiger partial charge on any atom is -0.444 e. The Hall–Kier alpha value is -0.810. The maximum Gasteiger partial charge on any atom is 0.410 e. The molecule has 1 aliphatic carbocycles. The zero-order chi connectivity index (χ0) is 14.2. The van der Waals surface area contributed by atoms with Gasteiger partial charge in [0, 0.05) is 13.1 Å². The molecule has 0 spiro atoms. The second kappa shape index (κ2) is 5.29. The fraction of sp³-hybridized carbons (Fsp3) is 0.929. The van der Waals surface area contributed by atoms with Crippen LogP contribution in [0.4, 0.5) is 4.79 Å². The summed E-state index contributed by atoms with van der Waals surface area (Å²) in [5.41, 5.74) is -0.476. The maximum atomic E-state index is 12.0. The van der Waals surface area contributed by atoms with Gasteiger partial charge >= 0.3 is 6.09 Å². The van der Waals surface area contributed by atoms with Crippen LogP contribution in [0, 0.1) is 11.8 Å². The normalized spacial score (nSPS) is 35.7. The highest BCUT2D eigenvalue weighted by Gasteiger charge is 2.40. The van der Waals surface area contributed by atoms with Gasteiger partial charge < -0.3 is 19.8 Å². The van der Waals surface area contributed by atoms with E-state index in [1.807, 2.05) is 20.8 Å². The van der Waals surface area contributed by atoms with Crippen molar-refractivity contribution in [2.24, 2.45) is 11.8 Å². The molecule has 2 rings (SSSR count). The second-order valence-corrected chi connectivity index (χ2v) is 6.84. The lowest BCUT2D eigenvalue weighted by atomic mass is 9.73. The monoisotopic (exact) mass is 271 g/mol. The highest BCUT2D eigenvalue weighted by atomic mass is 16.6. The standard InChI is InChI=1S/C14H25NO4/c1-14(2,3)19-13(18)15-5-4-9-6-11(16)12(17)7-10(9)8-15/h9-12,16-17H,4-8H2,1-3H3/t9-,10-,11+,12-/m0/s1. The molecule has 2 N–H and O–H groups in total. The van der Waals surface area contributed by atoms with Gasteiger partial charge in [0.15, 0.2) is 0 Å². The van der Waals surface area contributed by atoms with Gasteiger partial charge in [0.2, 0.25) is 0 Å². The number of carbonyl (C=O) groups is 1. The molecule has 1 saturated carbocycles. The third-order valence-corrected chi connectivity index (χ3v) is 4.08. The van der Waals surface area contributed by atoms with Crippen LogP contribution in [0.2, 0.25) is 0 Å². The number of ether oxygens (including phenoxy) is 1. The number of amides is 1. The van der Waals surface area contributed by atoms with E-state index in [1.165, 1.54) is 0 Å². The van der Waals surface area contributed by atoms with Crippen molar-refractivity contribution in [3.63, 3.8) is 0 Å². The molecule has 0 aromatic rings. The summed E-state index contributed by atoms with van der Waals surface area (Å²) in [4.78, 5) is 13.8. The zero-order valence-corrected chi connectivity index (χ0v) is 12.0. The van der Waals surface area contributed by atoms with E-state index in [0.29, 0.717) is 31.8 Å². The molecule has 19 heavy (non-hydrogen) atoms. The van der Waals surface area contributed by atoms with Gasteiger partial charge in [-0.1, -0.05) is 0 Å². The van der Waals surface area contributed by atoms with Crippen LogP contribution < -0.4 is 0 Å². The second-order valence-electron chi connectivity index (χ2n) is 6.84. The highest BCUT2D eigenvalue weighted by molar-refractivity contribution is 5.68. The third kappa shape index (κ3) is 3.60. The topological polar surface area (TPSA) is 70.0 Å². The van der Waals surface area contributed by atoms with Gasteiger partial charge in [-0.15, -0.1) is 0 Å². The van der Waals surface area contributed by atoms with Gasteiger partial charge in [0.25, 0.3) is 0 Å². The molecule has 5 heteroatoms. The Kier molecular flexibility index (Phi) is 4.06. The van der Waals surface area contributed by atoms with Crippen LogP contribution in [-0.2, 0) is 4.74 Å². The number of carbonyl (C=O) groups excluding carboxylic acids is 1. The summed E-state index contributed by atoms with van der Waals surface area (Å²) in [7, 11) is 0. The smallest absolute Gasteiger partial charge is 0.410 e. The molecule has 0 aromatic heterocycles. The number of piperidine rings is 1. The lowest BCUT2D eigenvalue weighted by Crippen LogP contribution is -2.50. The minimum atomic E-state index is -0.653. The van der Waals surface area contributed by atoms with Crippen molar-refractivity contribution in [1.29, 1.82) is 0 Å². The quantitative estimate of drug-likeness (QED) is 0.698.